The third-order valence-corrected chi connectivity index (χ3v) is 10.9. The van der Waals surface area contributed by atoms with Gasteiger partial charge in [-0.3, -0.25) is 19.5 Å². The number of rotatable bonds is 10. The number of pyridine rings is 1. The van der Waals surface area contributed by atoms with Crippen molar-refractivity contribution < 1.29 is 23.8 Å². The number of hydrogen-bond donors (Lipinski definition) is 3. The van der Waals surface area contributed by atoms with E-state index in [1.54, 1.807) is 20.4 Å². The smallest absolute Gasteiger partial charge is 0.237 e. The van der Waals surface area contributed by atoms with E-state index in [1.807, 2.05) is 42.5 Å². The largest absolute Gasteiger partial charge is 0.491 e. The summed E-state index contributed by atoms with van der Waals surface area (Å²) in [4.78, 5) is 40.2. The fourth-order valence-corrected chi connectivity index (χ4v) is 8.19. The van der Waals surface area contributed by atoms with Gasteiger partial charge >= 0.3 is 0 Å². The molecule has 3 fully saturated rings. The van der Waals surface area contributed by atoms with Crippen molar-refractivity contribution >= 4 is 23.4 Å². The number of likely N-dealkylation sites (tertiary alicyclic amines) is 1. The van der Waals surface area contributed by atoms with E-state index in [9.17, 15) is 9.59 Å². The molecule has 0 bridgehead atoms. The Morgan fingerprint density at radius 1 is 0.980 bits per heavy atom. The molecule has 264 valence electrons. The summed E-state index contributed by atoms with van der Waals surface area (Å²) in [5.41, 5.74) is 7.36. The molecule has 51 heavy (non-hydrogen) atoms. The lowest BCUT2D eigenvalue weighted by atomic mass is 9.88. The zero-order chi connectivity index (χ0) is 35.3. The molecule has 0 saturated carbocycles. The van der Waals surface area contributed by atoms with Crippen molar-refractivity contribution in [3.05, 3.63) is 70.5 Å². The molecule has 6 heterocycles. The van der Waals surface area contributed by atoms with E-state index in [4.69, 9.17) is 40.8 Å². The number of methoxy groups -OCH3 is 2. The lowest BCUT2D eigenvalue weighted by Crippen LogP contribution is -2.66. The Morgan fingerprint density at radius 3 is 2.45 bits per heavy atom. The van der Waals surface area contributed by atoms with Crippen LogP contribution in [0.1, 0.15) is 48.5 Å². The van der Waals surface area contributed by atoms with Crippen LogP contribution in [-0.4, -0.2) is 83.7 Å². The first-order valence-electron chi connectivity index (χ1n) is 17.3. The molecule has 3 N–H and O–H groups in total. The Kier molecular flexibility index (Phi) is 8.77. The van der Waals surface area contributed by atoms with Gasteiger partial charge in [-0.15, -0.1) is 0 Å². The van der Waals surface area contributed by atoms with E-state index in [1.165, 1.54) is 0 Å². The van der Waals surface area contributed by atoms with Gasteiger partial charge < -0.3 is 30.2 Å². The average Bonchev–Trinajstić information content (AvgIpc) is 3.85. The molecule has 2 unspecified atom stereocenters. The third-order valence-electron chi connectivity index (χ3n) is 10.5. The third kappa shape index (κ3) is 6.25. The highest BCUT2D eigenvalue weighted by atomic mass is 35.5. The van der Waals surface area contributed by atoms with Gasteiger partial charge in [-0.05, 0) is 30.9 Å². The number of halogens is 1. The van der Waals surface area contributed by atoms with E-state index >= 15 is 0 Å². The van der Waals surface area contributed by atoms with Crippen LogP contribution in [-0.2, 0) is 16.1 Å². The Hall–Kier alpha value is -4.78. The number of benzene rings is 2. The highest BCUT2D eigenvalue weighted by Gasteiger charge is 2.47. The topological polar surface area (TPSA) is 140 Å². The maximum Gasteiger partial charge on any atom is 0.237 e. The quantitative estimate of drug-likeness (QED) is 0.214. The molecule has 2 aromatic heterocycles. The van der Waals surface area contributed by atoms with Crippen LogP contribution in [0.4, 0.5) is 0 Å². The second kappa shape index (κ2) is 13.4. The molecule has 4 aromatic rings. The average molecular weight is 710 g/mol. The molecule has 4 aliphatic rings. The SMILES string of the molecule is COc1nc(-c2cccc(-c3cccc(-c4cc5c(c(OC)n4)C(NCC4CCC(=O)N4)CO5)c3Cl)c2C)cnc1CN1CC2(CCC(=O)N2)C1. The Morgan fingerprint density at radius 2 is 1.73 bits per heavy atom. The minimum atomic E-state index is -0.110. The summed E-state index contributed by atoms with van der Waals surface area (Å²) in [7, 11) is 3.22. The van der Waals surface area contributed by atoms with E-state index in [-0.39, 0.29) is 29.4 Å². The standard InChI is InChI=1S/C38H40ClN7O5/c1-21-23(6-4-7-24(21)28-16-41-29(36(44-28)49-2)17-46-19-38(20-46)13-12-33(48)45-38)25-8-5-9-26(35(25)39)27-14-31-34(37(43-27)50-3)30(18-51-31)40-15-22-10-11-32(47)42-22/h4-9,14,16,22,30,40H,10-13,15,17-20H2,1-3H3,(H,42,47)(H,45,48). The van der Waals surface area contributed by atoms with Gasteiger partial charge in [-0.1, -0.05) is 48.0 Å². The number of amides is 2. The molecule has 4 aliphatic heterocycles. The van der Waals surface area contributed by atoms with Crippen molar-refractivity contribution in [3.8, 4) is 51.2 Å². The van der Waals surface area contributed by atoms with Gasteiger partial charge in [0, 0.05) is 67.8 Å². The van der Waals surface area contributed by atoms with Crippen molar-refractivity contribution in [3.63, 3.8) is 0 Å². The van der Waals surface area contributed by atoms with E-state index in [2.05, 4.69) is 27.8 Å². The second-order valence-corrected chi connectivity index (χ2v) is 14.2. The van der Waals surface area contributed by atoms with Gasteiger partial charge in [0.1, 0.15) is 18.1 Å². The summed E-state index contributed by atoms with van der Waals surface area (Å²) < 4.78 is 17.6. The molecule has 3 saturated heterocycles. The van der Waals surface area contributed by atoms with Crippen LogP contribution in [0.25, 0.3) is 33.6 Å². The van der Waals surface area contributed by atoms with Gasteiger partial charge in [-0.25, -0.2) is 9.97 Å². The lowest BCUT2D eigenvalue weighted by Gasteiger charge is -2.47. The van der Waals surface area contributed by atoms with Crippen molar-refractivity contribution in [1.82, 2.24) is 35.8 Å². The van der Waals surface area contributed by atoms with Crippen LogP contribution in [0.15, 0.2) is 48.7 Å². The molecule has 1 spiro atoms. The van der Waals surface area contributed by atoms with Crippen molar-refractivity contribution in [2.24, 2.45) is 0 Å². The van der Waals surface area contributed by atoms with Crippen LogP contribution in [0.2, 0.25) is 5.02 Å². The maximum absolute atomic E-state index is 11.8. The summed E-state index contributed by atoms with van der Waals surface area (Å²) in [6, 6.07) is 13.9. The van der Waals surface area contributed by atoms with Crippen LogP contribution < -0.4 is 30.2 Å². The zero-order valence-electron chi connectivity index (χ0n) is 28.8. The maximum atomic E-state index is 11.8. The summed E-state index contributed by atoms with van der Waals surface area (Å²) in [5, 5.41) is 10.2. The summed E-state index contributed by atoms with van der Waals surface area (Å²) >= 11 is 7.20. The van der Waals surface area contributed by atoms with Crippen LogP contribution in [0.5, 0.6) is 17.5 Å². The fraction of sp³-hybridized carbons (Fsp3) is 0.395. The molecule has 13 heteroatoms. The first kappa shape index (κ1) is 33.4. The Bertz CT molecular complexity index is 2030. The van der Waals surface area contributed by atoms with E-state index < -0.39 is 0 Å². The highest BCUT2D eigenvalue weighted by molar-refractivity contribution is 6.36. The minimum Gasteiger partial charge on any atom is -0.491 e. The van der Waals surface area contributed by atoms with E-state index in [0.29, 0.717) is 66.5 Å². The molecular weight excluding hydrogens is 670 g/mol. The van der Waals surface area contributed by atoms with Gasteiger partial charge in [0.15, 0.2) is 0 Å². The van der Waals surface area contributed by atoms with Gasteiger partial charge in [0.25, 0.3) is 0 Å². The number of nitrogens with zero attached hydrogens (tertiary/aromatic N) is 4. The Labute approximate surface area is 301 Å². The summed E-state index contributed by atoms with van der Waals surface area (Å²) in [6.45, 7) is 5.32. The zero-order valence-corrected chi connectivity index (χ0v) is 29.6. The number of ether oxygens (including phenoxy) is 3. The first-order valence-corrected chi connectivity index (χ1v) is 17.7. The number of fused-ring (bicyclic) bond motifs is 1. The number of hydrogen-bond acceptors (Lipinski definition) is 10. The van der Waals surface area contributed by atoms with Crippen molar-refractivity contribution in [1.29, 1.82) is 0 Å². The molecule has 2 amide bonds. The van der Waals surface area contributed by atoms with Crippen LogP contribution >= 0.6 is 11.6 Å². The second-order valence-electron chi connectivity index (χ2n) is 13.8. The molecule has 12 nitrogen and oxygen atoms in total. The molecule has 0 radical (unpaired) electrons. The predicted octanol–water partition coefficient (Wildman–Crippen LogP) is 4.62. The lowest BCUT2D eigenvalue weighted by molar-refractivity contribution is -0.121. The highest BCUT2D eigenvalue weighted by Crippen LogP contribution is 2.44. The molecule has 2 atom stereocenters. The van der Waals surface area contributed by atoms with Crippen molar-refractivity contribution in [2.45, 2.75) is 56.8 Å². The molecule has 2 aromatic carbocycles. The summed E-state index contributed by atoms with van der Waals surface area (Å²) in [6.07, 6.45) is 4.64. The van der Waals surface area contributed by atoms with E-state index in [0.717, 1.165) is 65.0 Å². The van der Waals surface area contributed by atoms with Crippen molar-refractivity contribution in [2.75, 3.05) is 40.5 Å². The van der Waals surface area contributed by atoms with Crippen LogP contribution in [0.3, 0.4) is 0 Å². The number of carbonyl (C=O) groups is 2. The number of aromatic nitrogens is 3. The minimum absolute atomic E-state index is 0.0898. The predicted molar refractivity (Wildman–Crippen MR) is 192 cm³/mol. The first-order chi connectivity index (χ1) is 24.7. The fourth-order valence-electron chi connectivity index (χ4n) is 7.86. The monoisotopic (exact) mass is 709 g/mol. The molecule has 8 rings (SSSR count). The van der Waals surface area contributed by atoms with Gasteiger partial charge in [0.2, 0.25) is 23.6 Å². The Balaban J connectivity index is 1.04. The van der Waals surface area contributed by atoms with Crippen LogP contribution in [0, 0.1) is 6.92 Å². The number of nitrogens with one attached hydrogen (secondary N) is 3. The number of carbonyl (C=O) groups excluding carboxylic acids is 2. The normalized spacial score (nSPS) is 20.5. The summed E-state index contributed by atoms with van der Waals surface area (Å²) in [5.74, 6) is 1.87. The molecule has 0 aliphatic carbocycles. The van der Waals surface area contributed by atoms with Gasteiger partial charge in [-0.2, -0.15) is 0 Å². The molecular formula is C38H40ClN7O5. The van der Waals surface area contributed by atoms with Gasteiger partial charge in [0.05, 0.1) is 54.0 Å².